The second-order valence-electron chi connectivity index (χ2n) is 40.5. The Kier molecular flexibility index (Phi) is 30.3. The third kappa shape index (κ3) is 21.3. The van der Waals surface area contributed by atoms with Crippen molar-refractivity contribution in [3.8, 4) is 67.8 Å². The zero-order valence-electron chi connectivity index (χ0n) is 83.5. The summed E-state index contributed by atoms with van der Waals surface area (Å²) in [6.07, 6.45) is 27.4. The number of methoxy groups -OCH3 is 2. The molecule has 11 aliphatic rings. The molecule has 6 fully saturated rings. The van der Waals surface area contributed by atoms with E-state index in [-0.39, 0.29) is 33.2 Å². The second kappa shape index (κ2) is 44.7. The highest BCUT2D eigenvalue weighted by Gasteiger charge is 2.47. The molecule has 25 nitrogen and oxygen atoms in total. The number of piperidine rings is 5. The number of aromatic nitrogens is 10. The van der Waals surface area contributed by atoms with E-state index in [1.54, 1.807) is 25.2 Å². The first-order valence-electron chi connectivity index (χ1n) is 52.0. The quantitative estimate of drug-likeness (QED) is 0.0409. The van der Waals surface area contributed by atoms with Crippen molar-refractivity contribution in [2.75, 3.05) is 145 Å². The highest BCUT2D eigenvalue weighted by molar-refractivity contribution is 6.35. The number of para-hydroxylation sites is 1. The van der Waals surface area contributed by atoms with Gasteiger partial charge in [-0.2, -0.15) is 0 Å². The molecule has 11 heterocycles. The van der Waals surface area contributed by atoms with Crippen LogP contribution in [-0.4, -0.2) is 180 Å². The maximum Gasteiger partial charge on any atom is 0.409 e. The highest BCUT2D eigenvalue weighted by Crippen LogP contribution is 2.54. The molecule has 0 unspecified atom stereocenters. The van der Waals surface area contributed by atoms with Gasteiger partial charge in [-0.1, -0.05) is 205 Å². The van der Waals surface area contributed by atoms with E-state index in [1.807, 2.05) is 111 Å². The lowest BCUT2D eigenvalue weighted by molar-refractivity contribution is 0.105. The van der Waals surface area contributed by atoms with E-state index in [4.69, 9.17) is 78.9 Å². The minimum Gasteiger partial charge on any atom is -0.497 e. The van der Waals surface area contributed by atoms with Gasteiger partial charge in [0.2, 0.25) is 29.7 Å². The number of carbonyl (C=O) groups excluding carboxylic acids is 1. The Morgan fingerprint density at radius 3 is 1.12 bits per heavy atom. The zero-order valence-corrected chi connectivity index (χ0v) is 85.7. The SMILES string of the molecule is CCOC(=O)N1CCN(c2ncc3c(n2)-c2ccccc2C2(CCNCC2)C3)CC1.COc1cccc(CNc2ncc3c(n2)-c2ccccc2C2(CCNCC2)C3)c1.COc1ccccc1CCNc1ncc2c(n1)-c1ccccc1C1(CCNCC1)C2.Clc1ccc(CNc2ncc3c(n2)-c2ccccc2C2(CCNCC2)C3)c(Cl)c1.Clc1ccc(CNc2ncc3c(n2)-c2ccccc2C2(CCNCC2)C3)cc1. The average molecular weight is 2010 g/mol. The van der Waals surface area contributed by atoms with Gasteiger partial charge in [0.25, 0.3) is 0 Å². The van der Waals surface area contributed by atoms with Crippen LogP contribution >= 0.6 is 34.8 Å². The predicted molar refractivity (Wildman–Crippen MR) is 584 cm³/mol. The van der Waals surface area contributed by atoms with Gasteiger partial charge in [0.05, 0.1) is 49.3 Å². The number of hydrogen-bond acceptors (Lipinski definition) is 24. The van der Waals surface area contributed by atoms with E-state index in [9.17, 15) is 4.79 Å². The molecule has 0 bridgehead atoms. The number of nitrogens with zero attached hydrogens (tertiary/aromatic N) is 12. The van der Waals surface area contributed by atoms with E-state index in [1.165, 1.54) is 128 Å². The molecule has 1 amide bonds. The number of rotatable bonds is 17. The summed E-state index contributed by atoms with van der Waals surface area (Å²) in [7, 11) is 3.40. The first-order chi connectivity index (χ1) is 71.6. The number of nitrogens with one attached hydrogen (secondary N) is 9. The van der Waals surface area contributed by atoms with Gasteiger partial charge in [-0.25, -0.2) is 54.6 Å². The lowest BCUT2D eigenvalue weighted by Crippen LogP contribution is -2.49. The van der Waals surface area contributed by atoms with Crippen LogP contribution in [0, 0.1) is 0 Å². The van der Waals surface area contributed by atoms with Crippen molar-refractivity contribution in [1.29, 1.82) is 0 Å². The van der Waals surface area contributed by atoms with Crippen LogP contribution in [0.25, 0.3) is 56.3 Å². The van der Waals surface area contributed by atoms with Gasteiger partial charge in [-0.15, -0.1) is 0 Å². The van der Waals surface area contributed by atoms with Crippen molar-refractivity contribution in [1.82, 2.24) is 81.3 Å². The summed E-state index contributed by atoms with van der Waals surface area (Å²) >= 11 is 18.2. The molecule has 5 aliphatic carbocycles. The fourth-order valence-corrected chi connectivity index (χ4v) is 24.9. The Hall–Kier alpha value is -13.1. The van der Waals surface area contributed by atoms with Gasteiger partial charge in [-0.05, 0) is 295 Å². The molecule has 14 aromatic rings. The van der Waals surface area contributed by atoms with Crippen molar-refractivity contribution in [3.63, 3.8) is 0 Å². The summed E-state index contributed by atoms with van der Waals surface area (Å²) in [4.78, 5) is 63.8. The van der Waals surface area contributed by atoms with Crippen LogP contribution in [0.2, 0.25) is 15.1 Å². The van der Waals surface area contributed by atoms with Gasteiger partial charge < -0.3 is 71.9 Å². The van der Waals surface area contributed by atoms with Crippen LogP contribution in [0.5, 0.6) is 11.5 Å². The lowest BCUT2D eigenvalue weighted by atomic mass is 9.64. The molecule has 0 saturated carbocycles. The molecule has 9 aromatic carbocycles. The highest BCUT2D eigenvalue weighted by atomic mass is 35.5. The molecular weight excluding hydrogens is 1880 g/mol. The van der Waals surface area contributed by atoms with Crippen LogP contribution in [0.4, 0.5) is 34.5 Å². The number of halogens is 3. The first kappa shape index (κ1) is 98.9. The molecule has 0 radical (unpaired) electrons. The first-order valence-corrected chi connectivity index (χ1v) is 53.2. The molecule has 28 heteroatoms. The van der Waals surface area contributed by atoms with Gasteiger partial charge >= 0.3 is 6.09 Å². The summed E-state index contributed by atoms with van der Waals surface area (Å²) in [6.45, 7) is 18.3. The molecule has 5 spiro atoms. The number of amides is 1. The Balaban J connectivity index is 0.000000107. The maximum absolute atomic E-state index is 12.0. The average Bonchev–Trinajstić information content (AvgIpc) is 0.738. The minimum absolute atomic E-state index is 0.198. The number of anilines is 5. The van der Waals surface area contributed by atoms with Crippen molar-refractivity contribution < 1.29 is 19.0 Å². The monoisotopic (exact) mass is 2010 g/mol. The zero-order chi connectivity index (χ0) is 99.5. The summed E-state index contributed by atoms with van der Waals surface area (Å²) in [5.41, 5.74) is 30.7. The van der Waals surface area contributed by atoms with E-state index in [0.29, 0.717) is 73.2 Å². The molecule has 750 valence electrons. The standard InChI is InChI=1S/C25H28N4O.C24H26N4O.C23H22Cl2N4.C23H23ClN4.C23H29N5O2/c1-30-22-9-5-2-6-18(22)10-13-27-24-28-17-19-16-25(11-14-26-15-12-25)21-8-4-3-7-20(21)23(19)29-24;1-29-19-6-4-5-17(13-19)15-26-23-27-16-18-14-24(9-11-25-12-10-24)21-8-3-2-7-20(21)22(18)28-23;24-17-6-5-15(20(25)11-17)13-27-22-28-14-16-12-23(7-9-26-10-8-23)19-4-2-1-3-18(19)21(16)29-22;24-18-7-5-16(6-8-18)14-26-22-27-15-17-13-23(9-11-25-12-10-23)20-4-2-1-3-19(20)21(17)28-22;1-2-30-22(29)28-13-11-27(12-14-28)21-25-16-17-15-23(7-9-24-10-8-23)19-6-4-3-5-18(19)20(17)26-21/h2-9,17,26H,10-16H2,1H3,(H,27,28,29);2-8,13,16,25H,9-12,14-15H2,1H3,(H,26,27,28);1-6,11,14,26H,7-10,12-13H2,(H,27,28,29);1-8,15,25H,9-14H2,(H,26,27,28);3-6,16,24H,2,7-15H2,1H3. The van der Waals surface area contributed by atoms with Gasteiger partial charge in [0.15, 0.2) is 0 Å². The van der Waals surface area contributed by atoms with E-state index < -0.39 is 0 Å². The van der Waals surface area contributed by atoms with Crippen molar-refractivity contribution in [2.45, 2.75) is 156 Å². The summed E-state index contributed by atoms with van der Waals surface area (Å²) < 4.78 is 15.9. The number of hydrogen-bond donors (Lipinski definition) is 9. The van der Waals surface area contributed by atoms with Gasteiger partial charge in [-0.3, -0.25) is 0 Å². The van der Waals surface area contributed by atoms with Crippen LogP contribution in [0.3, 0.4) is 0 Å². The Morgan fingerprint density at radius 1 is 0.356 bits per heavy atom. The summed E-state index contributed by atoms with van der Waals surface area (Å²) in [5.74, 6) is 5.19. The van der Waals surface area contributed by atoms with Crippen molar-refractivity contribution in [2.24, 2.45) is 0 Å². The van der Waals surface area contributed by atoms with Crippen LogP contribution in [0.1, 0.15) is 149 Å². The van der Waals surface area contributed by atoms with Crippen LogP contribution < -0.4 is 62.2 Å². The fraction of sp³-hybridized carbons (Fsp3) is 0.364. The number of fused-ring (bicyclic) bond motifs is 20. The molecule has 25 rings (SSSR count). The van der Waals surface area contributed by atoms with Gasteiger partial charge in [0, 0.05) is 153 Å². The summed E-state index contributed by atoms with van der Waals surface area (Å²) in [5, 5.41) is 33.0. The lowest BCUT2D eigenvalue weighted by Gasteiger charge is -2.43. The minimum atomic E-state index is -0.232. The molecule has 6 saturated heterocycles. The van der Waals surface area contributed by atoms with Crippen LogP contribution in [0.15, 0.2) is 243 Å². The normalized spacial score (nSPS) is 17.4. The van der Waals surface area contributed by atoms with E-state index >= 15 is 0 Å². The van der Waals surface area contributed by atoms with Gasteiger partial charge in [0.1, 0.15) is 11.5 Å². The topological polar surface area (TPSA) is 288 Å². The Labute approximate surface area is 870 Å². The molecule has 5 aromatic heterocycles. The third-order valence-electron chi connectivity index (χ3n) is 31.9. The number of benzene rings is 9. The predicted octanol–water partition coefficient (Wildman–Crippen LogP) is 20.4. The molecule has 146 heavy (non-hydrogen) atoms. The van der Waals surface area contributed by atoms with E-state index in [0.717, 1.165) is 217 Å². The smallest absolute Gasteiger partial charge is 0.409 e. The van der Waals surface area contributed by atoms with Crippen molar-refractivity contribution >= 4 is 70.6 Å². The van der Waals surface area contributed by atoms with Crippen molar-refractivity contribution in [3.05, 3.63) is 336 Å². The second-order valence-corrected chi connectivity index (χ2v) is 41.8. The van der Waals surface area contributed by atoms with E-state index in [2.05, 4.69) is 206 Å². The Morgan fingerprint density at radius 2 is 0.719 bits per heavy atom. The third-order valence-corrected chi connectivity index (χ3v) is 32.7. The Bertz CT molecular complexity index is 6970. The number of carbonyl (C=O) groups is 1. The van der Waals surface area contributed by atoms with Crippen LogP contribution in [-0.2, 0) is 90.0 Å². The largest absolute Gasteiger partial charge is 0.497 e. The molecule has 9 N–H and O–H groups in total. The fourth-order valence-electron chi connectivity index (χ4n) is 24.3. The maximum atomic E-state index is 12.0. The molecular formula is C118H128Cl3N21O4. The summed E-state index contributed by atoms with van der Waals surface area (Å²) in [6, 6.07) is 73.5. The number of piperazine rings is 1. The molecule has 6 aliphatic heterocycles. The number of ether oxygens (including phenoxy) is 3. The molecule has 0 atom stereocenters.